The molecule has 0 bridgehead atoms. The predicted octanol–water partition coefficient (Wildman–Crippen LogP) is 3.19. The molecular weight excluding hydrogens is 264 g/mol. The molecule has 0 aliphatic carbocycles. The first-order valence-corrected chi connectivity index (χ1v) is 6.17. The van der Waals surface area contributed by atoms with Gasteiger partial charge in [0.2, 0.25) is 0 Å². The van der Waals surface area contributed by atoms with Crippen LogP contribution in [0.15, 0.2) is 35.1 Å². The molecule has 0 unspecified atom stereocenters. The van der Waals surface area contributed by atoms with E-state index in [-0.39, 0.29) is 0 Å². The van der Waals surface area contributed by atoms with E-state index in [1.807, 2.05) is 31.2 Å². The quantitative estimate of drug-likeness (QED) is 0.795. The highest BCUT2D eigenvalue weighted by molar-refractivity contribution is 6.30. The SMILES string of the molecule is Cc1noc2ncnc(NCc3ccc(Cl)cc3)c12. The zero-order chi connectivity index (χ0) is 13.2. The van der Waals surface area contributed by atoms with Crippen LogP contribution in [0.3, 0.4) is 0 Å². The van der Waals surface area contributed by atoms with Crippen LogP contribution in [0, 0.1) is 6.92 Å². The molecule has 0 saturated carbocycles. The summed E-state index contributed by atoms with van der Waals surface area (Å²) >= 11 is 5.85. The Labute approximate surface area is 114 Å². The van der Waals surface area contributed by atoms with Crippen LogP contribution in [0.4, 0.5) is 5.82 Å². The van der Waals surface area contributed by atoms with Crippen molar-refractivity contribution in [2.24, 2.45) is 0 Å². The molecule has 3 aromatic rings. The predicted molar refractivity (Wildman–Crippen MR) is 73.1 cm³/mol. The minimum absolute atomic E-state index is 0.492. The zero-order valence-electron chi connectivity index (χ0n) is 10.2. The lowest BCUT2D eigenvalue weighted by molar-refractivity contribution is 0.442. The molecule has 0 amide bonds. The Morgan fingerprint density at radius 1 is 1.21 bits per heavy atom. The number of hydrogen-bond donors (Lipinski definition) is 1. The van der Waals surface area contributed by atoms with Gasteiger partial charge in [-0.25, -0.2) is 4.98 Å². The highest BCUT2D eigenvalue weighted by Crippen LogP contribution is 2.22. The van der Waals surface area contributed by atoms with Gasteiger partial charge in [0.25, 0.3) is 5.71 Å². The number of halogens is 1. The van der Waals surface area contributed by atoms with Crippen molar-refractivity contribution in [2.45, 2.75) is 13.5 Å². The number of nitrogens with one attached hydrogen (secondary N) is 1. The number of nitrogens with zero attached hydrogens (tertiary/aromatic N) is 3. The van der Waals surface area contributed by atoms with Gasteiger partial charge in [-0.2, -0.15) is 4.98 Å². The lowest BCUT2D eigenvalue weighted by Gasteiger charge is -2.06. The van der Waals surface area contributed by atoms with Crippen molar-refractivity contribution >= 4 is 28.5 Å². The first kappa shape index (κ1) is 11.9. The third-order valence-corrected chi connectivity index (χ3v) is 3.07. The summed E-state index contributed by atoms with van der Waals surface area (Å²) in [6.45, 7) is 2.51. The van der Waals surface area contributed by atoms with Gasteiger partial charge in [-0.3, -0.25) is 0 Å². The molecule has 0 spiro atoms. The lowest BCUT2D eigenvalue weighted by atomic mass is 10.2. The van der Waals surface area contributed by atoms with Crippen LogP contribution in [0.2, 0.25) is 5.02 Å². The van der Waals surface area contributed by atoms with Gasteiger partial charge in [0.15, 0.2) is 0 Å². The summed E-state index contributed by atoms with van der Waals surface area (Å²) in [5, 5.41) is 8.69. The first-order valence-electron chi connectivity index (χ1n) is 5.79. The highest BCUT2D eigenvalue weighted by atomic mass is 35.5. The van der Waals surface area contributed by atoms with Gasteiger partial charge in [-0.15, -0.1) is 0 Å². The average molecular weight is 275 g/mol. The maximum absolute atomic E-state index is 5.85. The number of anilines is 1. The molecule has 6 heteroatoms. The van der Waals surface area contributed by atoms with E-state index >= 15 is 0 Å². The van der Waals surface area contributed by atoms with Crippen LogP contribution in [0.1, 0.15) is 11.3 Å². The summed E-state index contributed by atoms with van der Waals surface area (Å²) in [6.07, 6.45) is 1.46. The monoisotopic (exact) mass is 274 g/mol. The maximum atomic E-state index is 5.85. The Kier molecular flexibility index (Phi) is 3.05. The van der Waals surface area contributed by atoms with E-state index in [4.69, 9.17) is 16.1 Å². The molecule has 96 valence electrons. The molecule has 1 aromatic carbocycles. The van der Waals surface area contributed by atoms with Gasteiger partial charge in [0.1, 0.15) is 17.5 Å². The van der Waals surface area contributed by atoms with Gasteiger partial charge in [-0.1, -0.05) is 28.9 Å². The third kappa shape index (κ3) is 2.37. The van der Waals surface area contributed by atoms with Crippen LogP contribution >= 0.6 is 11.6 Å². The van der Waals surface area contributed by atoms with Crippen LogP contribution in [0.25, 0.3) is 11.1 Å². The van der Waals surface area contributed by atoms with E-state index in [2.05, 4.69) is 20.4 Å². The highest BCUT2D eigenvalue weighted by Gasteiger charge is 2.11. The lowest BCUT2D eigenvalue weighted by Crippen LogP contribution is -2.02. The number of rotatable bonds is 3. The number of aryl methyl sites for hydroxylation is 1. The van der Waals surface area contributed by atoms with E-state index in [9.17, 15) is 0 Å². The Hall–Kier alpha value is -2.14. The van der Waals surface area contributed by atoms with E-state index in [1.165, 1.54) is 6.33 Å². The molecule has 19 heavy (non-hydrogen) atoms. The Bertz CT molecular complexity index is 708. The van der Waals surface area contributed by atoms with Gasteiger partial charge < -0.3 is 9.84 Å². The summed E-state index contributed by atoms with van der Waals surface area (Å²) in [4.78, 5) is 8.26. The number of benzene rings is 1. The van der Waals surface area contributed by atoms with Crippen LogP contribution < -0.4 is 5.32 Å². The van der Waals surface area contributed by atoms with Crippen molar-refractivity contribution in [1.29, 1.82) is 0 Å². The van der Waals surface area contributed by atoms with Crippen molar-refractivity contribution < 1.29 is 4.52 Å². The molecule has 0 atom stereocenters. The topological polar surface area (TPSA) is 63.8 Å². The van der Waals surface area contributed by atoms with Crippen molar-refractivity contribution in [3.05, 3.63) is 46.9 Å². The number of aromatic nitrogens is 3. The molecule has 5 nitrogen and oxygen atoms in total. The molecule has 0 aliphatic heterocycles. The van der Waals surface area contributed by atoms with Crippen molar-refractivity contribution in [3.8, 4) is 0 Å². The Morgan fingerprint density at radius 3 is 2.79 bits per heavy atom. The summed E-state index contributed by atoms with van der Waals surface area (Å²) in [7, 11) is 0. The second-order valence-corrected chi connectivity index (χ2v) is 4.59. The second-order valence-electron chi connectivity index (χ2n) is 4.15. The van der Waals surface area contributed by atoms with Gasteiger partial charge in [-0.05, 0) is 24.6 Å². The minimum atomic E-state index is 0.492. The standard InChI is InChI=1S/C13H11ClN4O/c1-8-11-12(16-7-17-13(11)19-18-8)15-6-9-2-4-10(14)5-3-9/h2-5,7H,6H2,1H3,(H,15,16,17). The Balaban J connectivity index is 1.85. The summed E-state index contributed by atoms with van der Waals surface area (Å²) in [5.74, 6) is 0.721. The summed E-state index contributed by atoms with van der Waals surface area (Å²) in [6, 6.07) is 7.65. The molecule has 1 N–H and O–H groups in total. The third-order valence-electron chi connectivity index (χ3n) is 2.82. The van der Waals surface area contributed by atoms with E-state index in [0.717, 1.165) is 27.5 Å². The fourth-order valence-electron chi connectivity index (χ4n) is 1.84. The van der Waals surface area contributed by atoms with E-state index < -0.39 is 0 Å². The molecule has 2 aromatic heterocycles. The van der Waals surface area contributed by atoms with E-state index in [0.29, 0.717) is 12.3 Å². The van der Waals surface area contributed by atoms with Gasteiger partial charge in [0, 0.05) is 11.6 Å². The molecule has 0 radical (unpaired) electrons. The molecule has 0 fully saturated rings. The fourth-order valence-corrected chi connectivity index (χ4v) is 1.97. The molecule has 0 saturated heterocycles. The summed E-state index contributed by atoms with van der Waals surface area (Å²) in [5.41, 5.74) is 2.38. The van der Waals surface area contributed by atoms with Crippen LogP contribution in [0.5, 0.6) is 0 Å². The smallest absolute Gasteiger partial charge is 0.263 e. The molecule has 3 rings (SSSR count). The zero-order valence-corrected chi connectivity index (χ0v) is 11.0. The van der Waals surface area contributed by atoms with Gasteiger partial charge in [0.05, 0.1) is 5.69 Å². The normalized spacial score (nSPS) is 10.8. The van der Waals surface area contributed by atoms with Crippen molar-refractivity contribution in [1.82, 2.24) is 15.1 Å². The van der Waals surface area contributed by atoms with Crippen LogP contribution in [-0.4, -0.2) is 15.1 Å². The van der Waals surface area contributed by atoms with Crippen LogP contribution in [-0.2, 0) is 6.54 Å². The largest absolute Gasteiger partial charge is 0.365 e. The summed E-state index contributed by atoms with van der Waals surface area (Å²) < 4.78 is 5.10. The number of hydrogen-bond acceptors (Lipinski definition) is 5. The molecule has 0 aliphatic rings. The van der Waals surface area contributed by atoms with Gasteiger partial charge >= 0.3 is 0 Å². The van der Waals surface area contributed by atoms with Crippen molar-refractivity contribution in [3.63, 3.8) is 0 Å². The maximum Gasteiger partial charge on any atom is 0.263 e. The van der Waals surface area contributed by atoms with E-state index in [1.54, 1.807) is 0 Å². The minimum Gasteiger partial charge on any atom is -0.365 e. The Morgan fingerprint density at radius 2 is 2.00 bits per heavy atom. The molecular formula is C13H11ClN4O. The fraction of sp³-hybridized carbons (Fsp3) is 0.154. The first-order chi connectivity index (χ1) is 9.24. The average Bonchev–Trinajstić information content (AvgIpc) is 2.81. The number of fused-ring (bicyclic) bond motifs is 1. The van der Waals surface area contributed by atoms with Crippen molar-refractivity contribution in [2.75, 3.05) is 5.32 Å². The molecule has 2 heterocycles. The second kappa shape index (κ2) is 4.85.